The number of rotatable bonds is 4. The van der Waals surface area contributed by atoms with Crippen LogP contribution in [0.2, 0.25) is 19.6 Å². The van der Waals surface area contributed by atoms with Gasteiger partial charge in [-0.1, -0.05) is 0 Å². The Labute approximate surface area is 71.1 Å². The predicted molar refractivity (Wildman–Crippen MR) is 43.5 cm³/mol. The van der Waals surface area contributed by atoms with Crippen molar-refractivity contribution in [1.82, 2.24) is 0 Å². The highest BCUT2D eigenvalue weighted by atomic mass is 28.4. The lowest BCUT2D eigenvalue weighted by Crippen LogP contribution is -2.41. The monoisotopic (exact) mass is 192 g/mol. The molecule has 0 aliphatic heterocycles. The Kier molecular flexibility index (Phi) is 3.41. The molecule has 0 unspecified atom stereocenters. The van der Waals surface area contributed by atoms with Gasteiger partial charge in [0.1, 0.15) is 0 Å². The fourth-order valence-corrected chi connectivity index (χ4v) is 1.47. The summed E-state index contributed by atoms with van der Waals surface area (Å²) in [5.74, 6) is -2.91. The van der Waals surface area contributed by atoms with Gasteiger partial charge in [-0.25, -0.2) is 9.59 Å². The van der Waals surface area contributed by atoms with E-state index in [9.17, 15) is 9.59 Å². The van der Waals surface area contributed by atoms with Crippen LogP contribution in [0.3, 0.4) is 0 Å². The molecule has 0 aromatic heterocycles. The zero-order valence-electron chi connectivity index (χ0n) is 7.20. The van der Waals surface area contributed by atoms with Crippen LogP contribution >= 0.6 is 0 Å². The molecule has 0 aromatic rings. The molecule has 0 fully saturated rings. The van der Waals surface area contributed by atoms with Crippen LogP contribution in [0.5, 0.6) is 0 Å². The van der Waals surface area contributed by atoms with Gasteiger partial charge in [-0.2, -0.15) is 0 Å². The highest BCUT2D eigenvalue weighted by Crippen LogP contribution is 2.07. The van der Waals surface area contributed by atoms with Crippen LogP contribution in [0.15, 0.2) is 0 Å². The third-order valence-corrected chi connectivity index (χ3v) is 1.86. The second-order valence-corrected chi connectivity index (χ2v) is 7.75. The van der Waals surface area contributed by atoms with Gasteiger partial charge >= 0.3 is 11.9 Å². The summed E-state index contributed by atoms with van der Waals surface area (Å²) in [6.07, 6.45) is -1.73. The van der Waals surface area contributed by atoms with Gasteiger partial charge in [-0.05, 0) is 19.6 Å². The number of carboxylic acid groups (broad SMARTS) is 2. The van der Waals surface area contributed by atoms with Gasteiger partial charge in [0, 0.05) is 0 Å². The average Bonchev–Trinajstić information content (AvgIpc) is 1.79. The highest BCUT2D eigenvalue weighted by Gasteiger charge is 2.32. The molecule has 0 radical (unpaired) electrons. The van der Waals surface area contributed by atoms with Gasteiger partial charge in [0.15, 0.2) is 8.32 Å². The van der Waals surface area contributed by atoms with E-state index in [4.69, 9.17) is 14.6 Å². The molecule has 70 valence electrons. The van der Waals surface area contributed by atoms with Gasteiger partial charge in [-0.3, -0.25) is 0 Å². The van der Waals surface area contributed by atoms with Crippen molar-refractivity contribution in [1.29, 1.82) is 0 Å². The SMILES string of the molecule is C[Si](C)(C)OC(C(=O)O)C(=O)O. The molecule has 0 aromatic carbocycles. The van der Waals surface area contributed by atoms with Crippen LogP contribution in [0.1, 0.15) is 0 Å². The minimum Gasteiger partial charge on any atom is -0.479 e. The molecule has 0 aliphatic rings. The number of aliphatic carboxylic acids is 2. The summed E-state index contributed by atoms with van der Waals surface area (Å²) >= 11 is 0. The predicted octanol–water partition coefficient (Wildman–Crippen LogP) is 0.376. The van der Waals surface area contributed by atoms with Crippen molar-refractivity contribution >= 4 is 20.3 Å². The number of carboxylic acids is 2. The minimum absolute atomic E-state index is 1.45. The maximum Gasteiger partial charge on any atom is 0.343 e. The molecule has 0 spiro atoms. The van der Waals surface area contributed by atoms with Gasteiger partial charge in [-0.15, -0.1) is 0 Å². The van der Waals surface area contributed by atoms with Crippen LogP contribution in [0, 0.1) is 0 Å². The first-order valence-corrected chi connectivity index (χ1v) is 6.78. The summed E-state index contributed by atoms with van der Waals surface area (Å²) < 4.78 is 4.90. The lowest BCUT2D eigenvalue weighted by Gasteiger charge is -2.20. The van der Waals surface area contributed by atoms with Gasteiger partial charge in [0.05, 0.1) is 0 Å². The normalized spacial score (nSPS) is 11.7. The van der Waals surface area contributed by atoms with Crippen LogP contribution in [0.25, 0.3) is 0 Å². The molecule has 0 rings (SSSR count). The van der Waals surface area contributed by atoms with E-state index in [1.807, 2.05) is 0 Å². The lowest BCUT2D eigenvalue weighted by atomic mass is 10.4. The molecule has 5 nitrogen and oxygen atoms in total. The first kappa shape index (κ1) is 11.1. The molecule has 6 heteroatoms. The Morgan fingerprint density at radius 3 is 1.58 bits per heavy atom. The molecule has 12 heavy (non-hydrogen) atoms. The van der Waals surface area contributed by atoms with E-state index in [-0.39, 0.29) is 0 Å². The maximum atomic E-state index is 10.3. The molecule has 0 bridgehead atoms. The first-order chi connectivity index (χ1) is 5.24. The van der Waals surface area contributed by atoms with Gasteiger partial charge < -0.3 is 14.6 Å². The van der Waals surface area contributed by atoms with E-state index in [0.29, 0.717) is 0 Å². The summed E-state index contributed by atoms with van der Waals surface area (Å²) in [6.45, 7) is 5.18. The van der Waals surface area contributed by atoms with Crippen LogP contribution < -0.4 is 0 Å². The zero-order chi connectivity index (χ0) is 9.94. The van der Waals surface area contributed by atoms with Crippen LogP contribution in [0.4, 0.5) is 0 Å². The van der Waals surface area contributed by atoms with Crippen molar-refractivity contribution in [2.24, 2.45) is 0 Å². The van der Waals surface area contributed by atoms with Crippen molar-refractivity contribution in [3.63, 3.8) is 0 Å². The van der Waals surface area contributed by atoms with E-state index in [1.165, 1.54) is 0 Å². The molecule has 0 aliphatic carbocycles. The fourth-order valence-electron chi connectivity index (χ4n) is 0.560. The molecule has 0 atom stereocenters. The van der Waals surface area contributed by atoms with Gasteiger partial charge in [0.25, 0.3) is 0 Å². The summed E-state index contributed by atoms with van der Waals surface area (Å²) in [4.78, 5) is 20.7. The quantitative estimate of drug-likeness (QED) is 0.497. The summed E-state index contributed by atoms with van der Waals surface area (Å²) in [7, 11) is -2.11. The third kappa shape index (κ3) is 4.09. The van der Waals surface area contributed by atoms with E-state index < -0.39 is 26.4 Å². The van der Waals surface area contributed by atoms with E-state index in [0.717, 1.165) is 0 Å². The number of hydrogen-bond donors (Lipinski definition) is 2. The first-order valence-electron chi connectivity index (χ1n) is 3.37. The largest absolute Gasteiger partial charge is 0.479 e. The molecular formula is C6H12O5Si. The van der Waals surface area contributed by atoms with Crippen molar-refractivity contribution in [2.75, 3.05) is 0 Å². The highest BCUT2D eigenvalue weighted by molar-refractivity contribution is 6.70. The second-order valence-electron chi connectivity index (χ2n) is 3.29. The van der Waals surface area contributed by atoms with E-state index >= 15 is 0 Å². The number of carbonyl (C=O) groups is 2. The lowest BCUT2D eigenvalue weighted by molar-refractivity contribution is -0.159. The molecule has 2 N–H and O–H groups in total. The third-order valence-electron chi connectivity index (χ3n) is 0.920. The maximum absolute atomic E-state index is 10.3. The molecule has 0 saturated carbocycles. The summed E-state index contributed by atoms with van der Waals surface area (Å²) in [5.41, 5.74) is 0. The molecule has 0 amide bonds. The Hall–Kier alpha value is -0.883. The smallest absolute Gasteiger partial charge is 0.343 e. The second kappa shape index (κ2) is 3.68. The Bertz CT molecular complexity index is 181. The van der Waals surface area contributed by atoms with Crippen LogP contribution in [-0.4, -0.2) is 36.6 Å². The van der Waals surface area contributed by atoms with Crippen molar-refractivity contribution < 1.29 is 24.2 Å². The standard InChI is InChI=1S/C6H12O5Si/c1-12(2,3)11-4(5(7)8)6(9)10/h4H,1-3H3,(H,7,8)(H,9,10). The topological polar surface area (TPSA) is 83.8 Å². The number of hydrogen-bond acceptors (Lipinski definition) is 3. The molecule has 0 saturated heterocycles. The Morgan fingerprint density at radius 2 is 1.50 bits per heavy atom. The average molecular weight is 192 g/mol. The fraction of sp³-hybridized carbons (Fsp3) is 0.667. The molecule has 0 heterocycles. The summed E-state index contributed by atoms with van der Waals surface area (Å²) in [6, 6.07) is 0. The van der Waals surface area contributed by atoms with Crippen molar-refractivity contribution in [3.8, 4) is 0 Å². The zero-order valence-corrected chi connectivity index (χ0v) is 8.20. The van der Waals surface area contributed by atoms with Crippen LogP contribution in [-0.2, 0) is 14.0 Å². The Balaban J connectivity index is 4.35. The van der Waals surface area contributed by atoms with E-state index in [1.54, 1.807) is 19.6 Å². The van der Waals surface area contributed by atoms with Gasteiger partial charge in [0.2, 0.25) is 6.10 Å². The Morgan fingerprint density at radius 1 is 1.17 bits per heavy atom. The summed E-state index contributed by atoms with van der Waals surface area (Å²) in [5, 5.41) is 16.8. The van der Waals surface area contributed by atoms with Crippen molar-refractivity contribution in [2.45, 2.75) is 25.7 Å². The van der Waals surface area contributed by atoms with Crippen molar-refractivity contribution in [3.05, 3.63) is 0 Å². The van der Waals surface area contributed by atoms with E-state index in [2.05, 4.69) is 0 Å². The molecular weight excluding hydrogens is 180 g/mol. The minimum atomic E-state index is -2.11.